The molecule has 146 valence electrons. The van der Waals surface area contributed by atoms with Crippen molar-refractivity contribution < 1.29 is 4.79 Å². The topological polar surface area (TPSA) is 101 Å². The van der Waals surface area contributed by atoms with Crippen molar-refractivity contribution in [3.05, 3.63) is 20.8 Å². The molecule has 1 heterocycles. The van der Waals surface area contributed by atoms with E-state index in [9.17, 15) is 14.4 Å². The lowest BCUT2D eigenvalue weighted by atomic mass is 10.0. The van der Waals surface area contributed by atoms with E-state index in [0.29, 0.717) is 25.4 Å². The van der Waals surface area contributed by atoms with Gasteiger partial charge in [-0.25, -0.2) is 4.79 Å². The molecule has 2 rings (SSSR count). The van der Waals surface area contributed by atoms with Crippen molar-refractivity contribution in [3.8, 4) is 0 Å². The van der Waals surface area contributed by atoms with E-state index < -0.39 is 11.2 Å². The Morgan fingerprint density at radius 2 is 1.96 bits per heavy atom. The van der Waals surface area contributed by atoms with Crippen LogP contribution in [0.5, 0.6) is 0 Å². The standard InChI is InChI=1S/C19H32N4O3/c1-4-5-10-22-17(20)16(18(25)21-19(22)26)23(12-13(2)3)15(24)11-14-8-6-7-9-14/h13-14H,4-12,20H2,1-3H3,(H,21,25,26). The quantitative estimate of drug-likeness (QED) is 0.740. The predicted molar refractivity (Wildman–Crippen MR) is 104 cm³/mol. The summed E-state index contributed by atoms with van der Waals surface area (Å²) in [5.41, 5.74) is 5.22. The number of H-pyrrole nitrogens is 1. The minimum absolute atomic E-state index is 0.0801. The number of amides is 1. The molecule has 0 unspecified atom stereocenters. The molecule has 1 fully saturated rings. The number of hydrogen-bond acceptors (Lipinski definition) is 4. The summed E-state index contributed by atoms with van der Waals surface area (Å²) >= 11 is 0. The van der Waals surface area contributed by atoms with Crippen molar-refractivity contribution in [2.24, 2.45) is 11.8 Å². The Hall–Kier alpha value is -2.05. The van der Waals surface area contributed by atoms with Gasteiger partial charge in [0.05, 0.1) is 0 Å². The number of aromatic nitrogens is 2. The summed E-state index contributed by atoms with van der Waals surface area (Å²) in [5.74, 6) is 0.567. The van der Waals surface area contributed by atoms with Gasteiger partial charge in [0, 0.05) is 19.5 Å². The average Bonchev–Trinajstić information content (AvgIpc) is 3.06. The maximum atomic E-state index is 13.0. The number of anilines is 2. The van der Waals surface area contributed by atoms with Gasteiger partial charge in [0.1, 0.15) is 5.82 Å². The SMILES string of the molecule is CCCCn1c(N)c(N(CC(C)C)C(=O)CC2CCCC2)c(=O)[nH]c1=O. The molecule has 0 aromatic carbocycles. The Morgan fingerprint density at radius 1 is 1.31 bits per heavy atom. The summed E-state index contributed by atoms with van der Waals surface area (Å²) in [6.45, 7) is 6.84. The second kappa shape index (κ2) is 9.05. The first-order chi connectivity index (χ1) is 12.3. The molecule has 1 aromatic heterocycles. The van der Waals surface area contributed by atoms with Gasteiger partial charge in [-0.3, -0.25) is 19.1 Å². The lowest BCUT2D eigenvalue weighted by molar-refractivity contribution is -0.119. The highest BCUT2D eigenvalue weighted by molar-refractivity contribution is 5.95. The number of nitrogen functional groups attached to an aromatic ring is 1. The van der Waals surface area contributed by atoms with Gasteiger partial charge in [-0.05, 0) is 31.1 Å². The van der Waals surface area contributed by atoms with Crippen molar-refractivity contribution in [1.82, 2.24) is 9.55 Å². The number of carbonyl (C=O) groups excluding carboxylic acids is 1. The minimum atomic E-state index is -0.583. The molecule has 0 radical (unpaired) electrons. The molecular formula is C19H32N4O3. The van der Waals surface area contributed by atoms with Crippen molar-refractivity contribution in [1.29, 1.82) is 0 Å². The number of nitrogens with two attached hydrogens (primary N) is 1. The monoisotopic (exact) mass is 364 g/mol. The second-order valence-electron chi connectivity index (χ2n) is 7.75. The van der Waals surface area contributed by atoms with Crippen LogP contribution in [-0.4, -0.2) is 22.0 Å². The Kier molecular flexibility index (Phi) is 7.06. The summed E-state index contributed by atoms with van der Waals surface area (Å²) in [7, 11) is 0. The highest BCUT2D eigenvalue weighted by atomic mass is 16.2. The fraction of sp³-hybridized carbons (Fsp3) is 0.737. The Balaban J connectivity index is 2.41. The molecule has 0 aliphatic heterocycles. The summed E-state index contributed by atoms with van der Waals surface area (Å²) in [4.78, 5) is 41.5. The Labute approximate surface area is 154 Å². The van der Waals surface area contributed by atoms with Crippen LogP contribution in [0.1, 0.15) is 65.7 Å². The zero-order valence-electron chi connectivity index (χ0n) is 16.2. The molecule has 3 N–H and O–H groups in total. The third kappa shape index (κ3) is 4.77. The van der Waals surface area contributed by atoms with Gasteiger partial charge in [-0.2, -0.15) is 0 Å². The van der Waals surface area contributed by atoms with Crippen molar-refractivity contribution in [2.45, 2.75) is 72.3 Å². The van der Waals surface area contributed by atoms with Gasteiger partial charge in [0.25, 0.3) is 5.56 Å². The molecule has 26 heavy (non-hydrogen) atoms. The zero-order valence-corrected chi connectivity index (χ0v) is 16.2. The van der Waals surface area contributed by atoms with E-state index in [1.807, 2.05) is 20.8 Å². The smallest absolute Gasteiger partial charge is 0.330 e. The third-order valence-corrected chi connectivity index (χ3v) is 5.01. The first-order valence-corrected chi connectivity index (χ1v) is 9.78. The maximum Gasteiger partial charge on any atom is 0.330 e. The van der Waals surface area contributed by atoms with Crippen LogP contribution >= 0.6 is 0 Å². The first-order valence-electron chi connectivity index (χ1n) is 9.78. The lowest BCUT2D eigenvalue weighted by Gasteiger charge is -2.27. The number of nitrogens with one attached hydrogen (secondary N) is 1. The van der Waals surface area contributed by atoms with Crippen molar-refractivity contribution >= 4 is 17.4 Å². The van der Waals surface area contributed by atoms with Gasteiger partial charge < -0.3 is 10.6 Å². The van der Waals surface area contributed by atoms with Crippen molar-refractivity contribution in [3.63, 3.8) is 0 Å². The minimum Gasteiger partial charge on any atom is -0.383 e. The van der Waals surface area contributed by atoms with Gasteiger partial charge in [-0.1, -0.05) is 40.0 Å². The number of aromatic amines is 1. The molecule has 0 spiro atoms. The van der Waals surface area contributed by atoms with Crippen LogP contribution < -0.4 is 21.9 Å². The van der Waals surface area contributed by atoms with E-state index >= 15 is 0 Å². The summed E-state index contributed by atoms with van der Waals surface area (Å²) < 4.78 is 1.37. The number of carbonyl (C=O) groups is 1. The molecular weight excluding hydrogens is 332 g/mol. The van der Waals surface area contributed by atoms with Crippen molar-refractivity contribution in [2.75, 3.05) is 17.2 Å². The predicted octanol–water partition coefficient (Wildman–Crippen LogP) is 2.49. The van der Waals surface area contributed by atoms with E-state index in [0.717, 1.165) is 38.5 Å². The Bertz CT molecular complexity index is 729. The molecule has 1 aromatic rings. The number of nitrogens with zero attached hydrogens (tertiary/aromatic N) is 2. The molecule has 1 saturated carbocycles. The van der Waals surface area contributed by atoms with Crippen LogP contribution in [0.4, 0.5) is 11.5 Å². The molecule has 0 bridgehead atoms. The second-order valence-corrected chi connectivity index (χ2v) is 7.75. The molecule has 7 heteroatoms. The largest absolute Gasteiger partial charge is 0.383 e. The molecule has 1 aliphatic carbocycles. The van der Waals surface area contributed by atoms with Gasteiger partial charge in [0.2, 0.25) is 5.91 Å². The van der Waals surface area contributed by atoms with E-state index in [4.69, 9.17) is 5.73 Å². The van der Waals surface area contributed by atoms with Gasteiger partial charge in [-0.15, -0.1) is 0 Å². The highest BCUT2D eigenvalue weighted by Gasteiger charge is 2.27. The third-order valence-electron chi connectivity index (χ3n) is 5.01. The fourth-order valence-electron chi connectivity index (χ4n) is 3.63. The molecule has 0 atom stereocenters. The number of unbranched alkanes of at least 4 members (excludes halogenated alkanes) is 1. The van der Waals surface area contributed by atoms with Crippen LogP contribution in [0.2, 0.25) is 0 Å². The van der Waals surface area contributed by atoms with Gasteiger partial charge >= 0.3 is 5.69 Å². The van der Waals surface area contributed by atoms with Gasteiger partial charge in [0.15, 0.2) is 5.69 Å². The molecule has 1 amide bonds. The zero-order chi connectivity index (χ0) is 19.3. The average molecular weight is 364 g/mol. The molecule has 7 nitrogen and oxygen atoms in total. The first kappa shape index (κ1) is 20.3. The van der Waals surface area contributed by atoms with E-state index in [-0.39, 0.29) is 23.3 Å². The normalized spacial score (nSPS) is 14.9. The summed E-state index contributed by atoms with van der Waals surface area (Å²) in [6.07, 6.45) is 6.54. The van der Waals surface area contributed by atoms with Crippen LogP contribution in [0.25, 0.3) is 0 Å². The van der Waals surface area contributed by atoms with Crippen LogP contribution in [0.15, 0.2) is 9.59 Å². The van der Waals surface area contributed by atoms with E-state index in [2.05, 4.69) is 4.98 Å². The lowest BCUT2D eigenvalue weighted by Crippen LogP contribution is -2.43. The van der Waals surface area contributed by atoms with E-state index in [1.54, 1.807) is 0 Å². The van der Waals surface area contributed by atoms with E-state index in [1.165, 1.54) is 9.47 Å². The number of hydrogen-bond donors (Lipinski definition) is 2. The highest BCUT2D eigenvalue weighted by Crippen LogP contribution is 2.29. The Morgan fingerprint density at radius 3 is 2.54 bits per heavy atom. The maximum absolute atomic E-state index is 13.0. The fourth-order valence-corrected chi connectivity index (χ4v) is 3.63. The molecule has 0 saturated heterocycles. The van der Waals surface area contributed by atoms with Crippen LogP contribution in [0, 0.1) is 11.8 Å². The van der Waals surface area contributed by atoms with Crippen LogP contribution in [0.3, 0.4) is 0 Å². The van der Waals surface area contributed by atoms with Crippen LogP contribution in [-0.2, 0) is 11.3 Å². The summed E-state index contributed by atoms with van der Waals surface area (Å²) in [5, 5.41) is 0. The number of rotatable bonds is 8. The molecule has 1 aliphatic rings. The summed E-state index contributed by atoms with van der Waals surface area (Å²) in [6, 6.07) is 0.